The van der Waals surface area contributed by atoms with Crippen molar-refractivity contribution in [1.29, 1.82) is 0 Å². The van der Waals surface area contributed by atoms with Crippen molar-refractivity contribution in [2.24, 2.45) is 7.05 Å². The Labute approximate surface area is 134 Å². The van der Waals surface area contributed by atoms with Gasteiger partial charge in [0, 0.05) is 17.3 Å². The molecule has 0 aliphatic rings. The number of aromatic nitrogens is 3. The smallest absolute Gasteiger partial charge is 0.360 e. The van der Waals surface area contributed by atoms with Crippen LogP contribution in [-0.2, 0) is 21.8 Å². The van der Waals surface area contributed by atoms with Gasteiger partial charge >= 0.3 is 17.7 Å². The highest BCUT2D eigenvalue weighted by Gasteiger charge is 2.29. The zero-order valence-corrected chi connectivity index (χ0v) is 13.9. The highest BCUT2D eigenvalue weighted by atomic mass is 32.2. The summed E-state index contributed by atoms with van der Waals surface area (Å²) in [5.41, 5.74) is -1.00. The standard InChI is InChI=1S/C11H12N4O6S2/c1-6-8(7(4-22-6)9(16)21-3)23(19,20)13-10(17)15-11(18)14(2)5-12-15/h4-5H,1-3H3,(H,13,17). The summed E-state index contributed by atoms with van der Waals surface area (Å²) in [6.45, 7) is 1.48. The number of amides is 1. The molecule has 12 heteroatoms. The Balaban J connectivity index is 2.42. The van der Waals surface area contributed by atoms with Crippen LogP contribution in [0.2, 0.25) is 0 Å². The van der Waals surface area contributed by atoms with Gasteiger partial charge in [-0.15, -0.1) is 21.1 Å². The predicted octanol–water partition coefficient (Wildman–Crippen LogP) is -0.315. The van der Waals surface area contributed by atoms with Crippen molar-refractivity contribution >= 4 is 33.4 Å². The molecule has 0 radical (unpaired) electrons. The monoisotopic (exact) mass is 360 g/mol. The SMILES string of the molecule is COC(=O)c1csc(C)c1S(=O)(=O)NC(=O)n1ncn(C)c1=O. The van der Waals surface area contributed by atoms with Crippen molar-refractivity contribution in [2.45, 2.75) is 11.8 Å². The molecule has 0 atom stereocenters. The average Bonchev–Trinajstić information content (AvgIpc) is 3.02. The fraction of sp³-hybridized carbons (Fsp3) is 0.273. The molecule has 10 nitrogen and oxygen atoms in total. The Morgan fingerprint density at radius 1 is 1.39 bits per heavy atom. The molecule has 124 valence electrons. The third kappa shape index (κ3) is 3.03. The molecule has 0 aliphatic carbocycles. The molecule has 23 heavy (non-hydrogen) atoms. The maximum absolute atomic E-state index is 12.4. The first-order valence-corrected chi connectivity index (χ1v) is 8.39. The molecule has 2 aromatic heterocycles. The molecule has 0 aromatic carbocycles. The zero-order valence-electron chi connectivity index (χ0n) is 12.3. The molecule has 0 bridgehead atoms. The molecular formula is C11H12N4O6S2. The minimum Gasteiger partial charge on any atom is -0.465 e. The molecule has 0 saturated heterocycles. The lowest BCUT2D eigenvalue weighted by atomic mass is 10.3. The second kappa shape index (κ2) is 5.96. The van der Waals surface area contributed by atoms with Crippen LogP contribution in [0.4, 0.5) is 4.79 Å². The normalized spacial score (nSPS) is 11.3. The number of aryl methyl sites for hydroxylation is 2. The van der Waals surface area contributed by atoms with Crippen LogP contribution in [0.15, 0.2) is 21.4 Å². The minimum absolute atomic E-state index is 0.191. The second-order valence-corrected chi connectivity index (χ2v) is 7.08. The summed E-state index contributed by atoms with van der Waals surface area (Å²) in [5.74, 6) is -0.850. The Morgan fingerprint density at radius 2 is 2.04 bits per heavy atom. The number of thiophene rings is 1. The maximum atomic E-state index is 12.4. The van der Waals surface area contributed by atoms with E-state index in [9.17, 15) is 22.8 Å². The van der Waals surface area contributed by atoms with Crippen LogP contribution in [0.3, 0.4) is 0 Å². The average molecular weight is 360 g/mol. The Morgan fingerprint density at radius 3 is 2.57 bits per heavy atom. The molecule has 1 N–H and O–H groups in total. The van der Waals surface area contributed by atoms with Crippen LogP contribution in [0, 0.1) is 6.92 Å². The maximum Gasteiger partial charge on any atom is 0.360 e. The molecular weight excluding hydrogens is 348 g/mol. The largest absolute Gasteiger partial charge is 0.465 e. The summed E-state index contributed by atoms with van der Waals surface area (Å²) in [7, 11) is -1.93. The van der Waals surface area contributed by atoms with Crippen LogP contribution in [0.1, 0.15) is 15.2 Å². The van der Waals surface area contributed by atoms with Gasteiger partial charge in [0.15, 0.2) is 0 Å². The van der Waals surface area contributed by atoms with E-state index in [0.29, 0.717) is 9.56 Å². The quantitative estimate of drug-likeness (QED) is 0.743. The second-order valence-electron chi connectivity index (χ2n) is 4.37. The molecule has 0 spiro atoms. The number of hydrogen-bond donors (Lipinski definition) is 1. The van der Waals surface area contributed by atoms with Gasteiger partial charge in [0.2, 0.25) is 0 Å². The summed E-state index contributed by atoms with van der Waals surface area (Å²) >= 11 is 1.01. The number of carbonyl (C=O) groups is 2. The first-order valence-electron chi connectivity index (χ1n) is 6.03. The minimum atomic E-state index is -4.39. The van der Waals surface area contributed by atoms with E-state index < -0.39 is 27.7 Å². The lowest BCUT2D eigenvalue weighted by Gasteiger charge is -2.07. The number of methoxy groups -OCH3 is 1. The Bertz CT molecular complexity index is 936. The van der Waals surface area contributed by atoms with Crippen LogP contribution in [-0.4, -0.2) is 41.9 Å². The highest BCUT2D eigenvalue weighted by Crippen LogP contribution is 2.27. The first kappa shape index (κ1) is 16.9. The molecule has 0 aliphatic heterocycles. The topological polar surface area (TPSA) is 129 Å². The van der Waals surface area contributed by atoms with Crippen molar-refractivity contribution in [2.75, 3.05) is 7.11 Å². The first-order chi connectivity index (χ1) is 10.7. The Hall–Kier alpha value is -2.47. The van der Waals surface area contributed by atoms with Crippen molar-refractivity contribution in [3.05, 3.63) is 32.6 Å². The summed E-state index contributed by atoms with van der Waals surface area (Å²) in [6.07, 6.45) is 1.06. The summed E-state index contributed by atoms with van der Waals surface area (Å²) in [4.78, 5) is 35.1. The number of ether oxygens (including phenoxy) is 1. The van der Waals surface area contributed by atoms with E-state index in [1.807, 2.05) is 0 Å². The zero-order chi connectivity index (χ0) is 17.4. The van der Waals surface area contributed by atoms with Crippen molar-refractivity contribution in [3.63, 3.8) is 0 Å². The van der Waals surface area contributed by atoms with E-state index in [1.165, 1.54) is 19.4 Å². The van der Waals surface area contributed by atoms with E-state index in [-0.39, 0.29) is 10.5 Å². The van der Waals surface area contributed by atoms with E-state index in [2.05, 4.69) is 9.84 Å². The third-order valence-electron chi connectivity index (χ3n) is 2.83. The molecule has 2 aromatic rings. The number of nitrogens with one attached hydrogen (secondary N) is 1. The molecule has 0 fully saturated rings. The van der Waals surface area contributed by atoms with Crippen molar-refractivity contribution in [1.82, 2.24) is 19.1 Å². The number of sulfonamides is 1. The van der Waals surface area contributed by atoms with Gasteiger partial charge in [-0.3, -0.25) is 4.57 Å². The number of nitrogens with zero attached hydrogens (tertiary/aromatic N) is 3. The molecule has 0 saturated carbocycles. The highest BCUT2D eigenvalue weighted by molar-refractivity contribution is 7.90. The van der Waals surface area contributed by atoms with Gasteiger partial charge < -0.3 is 4.74 Å². The van der Waals surface area contributed by atoms with Gasteiger partial charge in [0.1, 0.15) is 11.2 Å². The summed E-state index contributed by atoms with van der Waals surface area (Å²) in [5, 5.41) is 4.79. The fourth-order valence-electron chi connectivity index (χ4n) is 1.75. The predicted molar refractivity (Wildman–Crippen MR) is 79.0 cm³/mol. The van der Waals surface area contributed by atoms with Gasteiger partial charge in [0.05, 0.1) is 12.7 Å². The third-order valence-corrected chi connectivity index (χ3v) is 5.38. The molecule has 2 heterocycles. The lowest BCUT2D eigenvalue weighted by molar-refractivity contribution is 0.0597. The summed E-state index contributed by atoms with van der Waals surface area (Å²) < 4.78 is 32.3. The van der Waals surface area contributed by atoms with Crippen molar-refractivity contribution < 1.29 is 22.7 Å². The van der Waals surface area contributed by atoms with Gasteiger partial charge in [-0.05, 0) is 6.92 Å². The van der Waals surface area contributed by atoms with Gasteiger partial charge in [-0.25, -0.2) is 27.5 Å². The molecule has 0 unspecified atom stereocenters. The number of esters is 1. The van der Waals surface area contributed by atoms with E-state index >= 15 is 0 Å². The summed E-state index contributed by atoms with van der Waals surface area (Å²) in [6, 6.07) is -1.25. The van der Waals surface area contributed by atoms with E-state index in [4.69, 9.17) is 0 Å². The number of rotatable bonds is 3. The van der Waals surface area contributed by atoms with E-state index in [1.54, 1.807) is 4.72 Å². The van der Waals surface area contributed by atoms with Gasteiger partial charge in [0.25, 0.3) is 10.0 Å². The Kier molecular flexibility index (Phi) is 4.38. The molecule has 2 rings (SSSR count). The van der Waals surface area contributed by atoms with Crippen LogP contribution < -0.4 is 10.4 Å². The number of hydrogen-bond acceptors (Lipinski definition) is 8. The van der Waals surface area contributed by atoms with Crippen LogP contribution >= 0.6 is 11.3 Å². The van der Waals surface area contributed by atoms with E-state index in [0.717, 1.165) is 29.3 Å². The fourth-order valence-corrected chi connectivity index (χ4v) is 4.26. The lowest BCUT2D eigenvalue weighted by Crippen LogP contribution is -2.40. The van der Waals surface area contributed by atoms with Crippen LogP contribution in [0.25, 0.3) is 0 Å². The van der Waals surface area contributed by atoms with Crippen LogP contribution in [0.5, 0.6) is 0 Å². The van der Waals surface area contributed by atoms with Crippen molar-refractivity contribution in [3.8, 4) is 0 Å². The van der Waals surface area contributed by atoms with Gasteiger partial charge in [-0.2, -0.15) is 0 Å². The molecule has 1 amide bonds. The number of carbonyl (C=O) groups excluding carboxylic acids is 2. The van der Waals surface area contributed by atoms with Gasteiger partial charge in [-0.1, -0.05) is 0 Å².